The van der Waals surface area contributed by atoms with Crippen molar-refractivity contribution in [1.29, 1.82) is 0 Å². The highest BCUT2D eigenvalue weighted by molar-refractivity contribution is 5.95. The second kappa shape index (κ2) is 8.98. The van der Waals surface area contributed by atoms with Gasteiger partial charge in [0.1, 0.15) is 23.4 Å². The predicted octanol–water partition coefficient (Wildman–Crippen LogP) is 3.21. The summed E-state index contributed by atoms with van der Waals surface area (Å²) in [5.41, 5.74) is 1.38. The number of carbonyl (C=O) groups is 2. The van der Waals surface area contributed by atoms with Crippen molar-refractivity contribution in [1.82, 2.24) is 14.9 Å². The molecule has 1 fully saturated rings. The average molecular weight is 401 g/mol. The van der Waals surface area contributed by atoms with Crippen LogP contribution in [0.15, 0.2) is 30.5 Å². The molecule has 0 bridgehead atoms. The van der Waals surface area contributed by atoms with Crippen molar-refractivity contribution in [2.45, 2.75) is 33.3 Å². The molecular formula is C21H24FN3O4. The first kappa shape index (κ1) is 20.7. The largest absolute Gasteiger partial charge is 0.487 e. The van der Waals surface area contributed by atoms with E-state index in [0.717, 1.165) is 6.20 Å². The standard InChI is InChI=1S/C21H24FN3O4/c1-13(2)12-28-21(27)25-10-18(11-25)29-17-6-14(3)24-19(8-17)20(26)7-16-5-4-15(22)9-23-16/h4-6,8-9,13,18H,7,10-12H2,1-3H3. The van der Waals surface area contributed by atoms with E-state index in [1.54, 1.807) is 24.0 Å². The minimum Gasteiger partial charge on any atom is -0.487 e. The number of hydrogen-bond donors (Lipinski definition) is 0. The van der Waals surface area contributed by atoms with Crippen LogP contribution < -0.4 is 4.74 Å². The van der Waals surface area contributed by atoms with Crippen molar-refractivity contribution >= 4 is 11.9 Å². The van der Waals surface area contributed by atoms with Gasteiger partial charge in [0.05, 0.1) is 32.3 Å². The number of likely N-dealkylation sites (tertiary alicyclic amines) is 1. The van der Waals surface area contributed by atoms with Crippen molar-refractivity contribution in [3.05, 3.63) is 53.4 Å². The van der Waals surface area contributed by atoms with Crippen molar-refractivity contribution < 1.29 is 23.5 Å². The van der Waals surface area contributed by atoms with E-state index in [4.69, 9.17) is 9.47 Å². The normalized spacial score (nSPS) is 13.9. The van der Waals surface area contributed by atoms with Crippen LogP contribution >= 0.6 is 0 Å². The highest BCUT2D eigenvalue weighted by Crippen LogP contribution is 2.21. The molecule has 1 amide bonds. The number of Topliss-reactive ketones (excluding diaryl/α,β-unsaturated/α-hetero) is 1. The number of amides is 1. The lowest BCUT2D eigenvalue weighted by Gasteiger charge is -2.38. The quantitative estimate of drug-likeness (QED) is 0.663. The zero-order valence-corrected chi connectivity index (χ0v) is 16.7. The third-order valence-corrected chi connectivity index (χ3v) is 4.29. The van der Waals surface area contributed by atoms with Gasteiger partial charge in [-0.05, 0) is 25.0 Å². The lowest BCUT2D eigenvalue weighted by molar-refractivity contribution is 0.00797. The molecule has 0 radical (unpaired) electrons. The van der Waals surface area contributed by atoms with E-state index < -0.39 is 5.82 Å². The monoisotopic (exact) mass is 401 g/mol. The van der Waals surface area contributed by atoms with Gasteiger partial charge in [-0.3, -0.25) is 9.78 Å². The highest BCUT2D eigenvalue weighted by Gasteiger charge is 2.33. The number of carbonyl (C=O) groups excluding carboxylic acids is 2. The molecule has 3 heterocycles. The summed E-state index contributed by atoms with van der Waals surface area (Å²) in [7, 11) is 0. The second-order valence-electron chi connectivity index (χ2n) is 7.51. The number of rotatable bonds is 7. The Morgan fingerprint density at radius 2 is 2.03 bits per heavy atom. The molecule has 154 valence electrons. The predicted molar refractivity (Wildman–Crippen MR) is 103 cm³/mol. The fraction of sp³-hybridized carbons (Fsp3) is 0.429. The van der Waals surface area contributed by atoms with Gasteiger partial charge in [0.2, 0.25) is 0 Å². The van der Waals surface area contributed by atoms with Gasteiger partial charge in [-0.15, -0.1) is 0 Å². The number of aryl methyl sites for hydroxylation is 1. The number of ether oxygens (including phenoxy) is 2. The number of pyridine rings is 2. The topological polar surface area (TPSA) is 81.6 Å². The van der Waals surface area contributed by atoms with Crippen LogP contribution in [0, 0.1) is 18.7 Å². The van der Waals surface area contributed by atoms with Crippen molar-refractivity contribution in [3.8, 4) is 5.75 Å². The van der Waals surface area contributed by atoms with E-state index in [-0.39, 0.29) is 36.0 Å². The molecule has 8 heteroatoms. The van der Waals surface area contributed by atoms with Crippen molar-refractivity contribution in [2.75, 3.05) is 19.7 Å². The molecule has 29 heavy (non-hydrogen) atoms. The number of halogens is 1. The molecule has 0 saturated carbocycles. The maximum atomic E-state index is 13.0. The molecule has 1 aliphatic heterocycles. The Hall–Kier alpha value is -3.03. The Kier molecular flexibility index (Phi) is 6.41. The molecule has 0 unspecified atom stereocenters. The summed E-state index contributed by atoms with van der Waals surface area (Å²) in [6.45, 7) is 6.98. The Morgan fingerprint density at radius 1 is 1.28 bits per heavy atom. The van der Waals surface area contributed by atoms with E-state index in [9.17, 15) is 14.0 Å². The first-order chi connectivity index (χ1) is 13.8. The van der Waals surface area contributed by atoms with E-state index in [1.807, 2.05) is 13.8 Å². The average Bonchev–Trinajstić information content (AvgIpc) is 2.63. The lowest BCUT2D eigenvalue weighted by Crippen LogP contribution is -2.56. The van der Waals surface area contributed by atoms with Gasteiger partial charge < -0.3 is 14.4 Å². The summed E-state index contributed by atoms with van der Waals surface area (Å²) in [5, 5.41) is 0. The van der Waals surface area contributed by atoms with Crippen molar-refractivity contribution in [3.63, 3.8) is 0 Å². The van der Waals surface area contributed by atoms with E-state index in [2.05, 4.69) is 9.97 Å². The molecule has 0 aliphatic carbocycles. The van der Waals surface area contributed by atoms with Crippen LogP contribution in [-0.4, -0.2) is 52.5 Å². The molecule has 0 atom stereocenters. The number of ketones is 1. The number of aromatic nitrogens is 2. The zero-order chi connectivity index (χ0) is 21.0. The van der Waals surface area contributed by atoms with Gasteiger partial charge in [-0.25, -0.2) is 14.2 Å². The molecule has 2 aromatic heterocycles. The molecular weight excluding hydrogens is 377 g/mol. The molecule has 7 nitrogen and oxygen atoms in total. The number of nitrogens with zero attached hydrogens (tertiary/aromatic N) is 3. The fourth-order valence-electron chi connectivity index (χ4n) is 2.80. The fourth-order valence-corrected chi connectivity index (χ4v) is 2.80. The first-order valence-corrected chi connectivity index (χ1v) is 9.51. The third kappa shape index (κ3) is 5.73. The number of hydrogen-bond acceptors (Lipinski definition) is 6. The SMILES string of the molecule is Cc1cc(OC2CN(C(=O)OCC(C)C)C2)cc(C(=O)Cc2ccc(F)cn2)n1. The zero-order valence-electron chi connectivity index (χ0n) is 16.7. The molecule has 0 aromatic carbocycles. The van der Waals surface area contributed by atoms with Crippen LogP contribution in [0.25, 0.3) is 0 Å². The van der Waals surface area contributed by atoms with Gasteiger partial charge in [0, 0.05) is 23.5 Å². The molecule has 1 saturated heterocycles. The Morgan fingerprint density at radius 3 is 2.69 bits per heavy atom. The Labute approximate surface area is 168 Å². The van der Waals surface area contributed by atoms with Crippen LogP contribution in [0.4, 0.5) is 9.18 Å². The van der Waals surface area contributed by atoms with E-state index in [1.165, 1.54) is 12.1 Å². The third-order valence-electron chi connectivity index (χ3n) is 4.29. The highest BCUT2D eigenvalue weighted by atomic mass is 19.1. The van der Waals surface area contributed by atoms with Gasteiger partial charge in [-0.1, -0.05) is 13.8 Å². The Balaban J connectivity index is 1.56. The summed E-state index contributed by atoms with van der Waals surface area (Å²) in [5.74, 6) is 0.125. The van der Waals surface area contributed by atoms with Crippen LogP contribution in [0.5, 0.6) is 5.75 Å². The maximum absolute atomic E-state index is 13.0. The minimum atomic E-state index is -0.451. The molecule has 0 spiro atoms. The Bertz CT molecular complexity index is 880. The summed E-state index contributed by atoms with van der Waals surface area (Å²) in [6, 6.07) is 6.06. The summed E-state index contributed by atoms with van der Waals surface area (Å²) in [4.78, 5) is 34.2. The molecule has 2 aromatic rings. The summed E-state index contributed by atoms with van der Waals surface area (Å²) in [6.07, 6.45) is 0.599. The van der Waals surface area contributed by atoms with Crippen LogP contribution in [-0.2, 0) is 11.2 Å². The summed E-state index contributed by atoms with van der Waals surface area (Å²) >= 11 is 0. The van der Waals surface area contributed by atoms with E-state index in [0.29, 0.717) is 36.8 Å². The molecule has 1 aliphatic rings. The molecule has 3 rings (SSSR count). The minimum absolute atomic E-state index is 0.0229. The molecule has 0 N–H and O–H groups in total. The van der Waals surface area contributed by atoms with Gasteiger partial charge >= 0.3 is 6.09 Å². The van der Waals surface area contributed by atoms with Gasteiger partial charge in [0.25, 0.3) is 0 Å². The van der Waals surface area contributed by atoms with Crippen LogP contribution in [0.2, 0.25) is 0 Å². The maximum Gasteiger partial charge on any atom is 0.410 e. The van der Waals surface area contributed by atoms with E-state index >= 15 is 0 Å². The smallest absolute Gasteiger partial charge is 0.410 e. The van der Waals surface area contributed by atoms with Crippen LogP contribution in [0.3, 0.4) is 0 Å². The van der Waals surface area contributed by atoms with Crippen molar-refractivity contribution in [2.24, 2.45) is 5.92 Å². The second-order valence-corrected chi connectivity index (χ2v) is 7.51. The first-order valence-electron chi connectivity index (χ1n) is 9.51. The van der Waals surface area contributed by atoms with Crippen LogP contribution in [0.1, 0.15) is 35.7 Å². The van der Waals surface area contributed by atoms with Gasteiger partial charge in [-0.2, -0.15) is 0 Å². The van der Waals surface area contributed by atoms with Gasteiger partial charge in [0.15, 0.2) is 5.78 Å². The summed E-state index contributed by atoms with van der Waals surface area (Å²) < 4.78 is 24.0. The lowest BCUT2D eigenvalue weighted by atomic mass is 10.1.